The number of hydrogen-bond donors (Lipinski definition) is 2. The summed E-state index contributed by atoms with van der Waals surface area (Å²) in [6.45, 7) is 4.02. The Kier molecular flexibility index (Phi) is 11.1. The largest absolute Gasteiger partial charge is 0.481 e. The molecule has 0 aliphatic carbocycles. The molecule has 0 amide bonds. The fourth-order valence-corrected chi connectivity index (χ4v) is 2.61. The third kappa shape index (κ3) is 8.94. The number of carbonyl (C=O) groups is 2. The molecule has 0 aromatic heterocycles. The monoisotopic (exact) mass is 286 g/mol. The summed E-state index contributed by atoms with van der Waals surface area (Å²) in [7, 11) is 0. The lowest BCUT2D eigenvalue weighted by atomic mass is 9.94. The smallest absolute Gasteiger partial charge is 0.306 e. The summed E-state index contributed by atoms with van der Waals surface area (Å²) < 4.78 is 0. The van der Waals surface area contributed by atoms with Gasteiger partial charge in [0, 0.05) is 0 Å². The fourth-order valence-electron chi connectivity index (χ4n) is 2.61. The average Bonchev–Trinajstić information content (AvgIpc) is 2.39. The van der Waals surface area contributed by atoms with E-state index in [-0.39, 0.29) is 11.8 Å². The Morgan fingerprint density at radius 2 is 1.05 bits per heavy atom. The first-order chi connectivity index (χ1) is 9.52. The normalized spacial score (nSPS) is 13.9. The minimum Gasteiger partial charge on any atom is -0.481 e. The number of carboxylic acid groups (broad SMARTS) is 2. The first-order valence-electron chi connectivity index (χ1n) is 7.98. The molecule has 4 nitrogen and oxygen atoms in total. The van der Waals surface area contributed by atoms with Gasteiger partial charge in [-0.05, 0) is 25.7 Å². The van der Waals surface area contributed by atoms with Crippen molar-refractivity contribution in [2.45, 2.75) is 78.1 Å². The van der Waals surface area contributed by atoms with Gasteiger partial charge in [-0.2, -0.15) is 0 Å². The molecular weight excluding hydrogens is 256 g/mol. The number of carboxylic acids is 2. The number of hydrogen-bond acceptors (Lipinski definition) is 2. The van der Waals surface area contributed by atoms with Crippen LogP contribution in [0.2, 0.25) is 0 Å². The maximum Gasteiger partial charge on any atom is 0.306 e. The zero-order valence-corrected chi connectivity index (χ0v) is 12.9. The van der Waals surface area contributed by atoms with Gasteiger partial charge in [0.15, 0.2) is 0 Å². The van der Waals surface area contributed by atoms with Crippen molar-refractivity contribution < 1.29 is 19.8 Å². The van der Waals surface area contributed by atoms with Gasteiger partial charge in [-0.15, -0.1) is 0 Å². The average molecular weight is 286 g/mol. The molecule has 0 radical (unpaired) electrons. The summed E-state index contributed by atoms with van der Waals surface area (Å²) in [5.74, 6) is -1.76. The second kappa shape index (κ2) is 11.7. The van der Waals surface area contributed by atoms with Gasteiger partial charge in [-0.3, -0.25) is 9.59 Å². The van der Waals surface area contributed by atoms with Crippen LogP contribution in [0.4, 0.5) is 0 Å². The van der Waals surface area contributed by atoms with Crippen molar-refractivity contribution in [1.82, 2.24) is 0 Å². The molecule has 0 aromatic rings. The summed E-state index contributed by atoms with van der Waals surface area (Å²) in [5, 5.41) is 18.1. The first kappa shape index (κ1) is 18.9. The Labute approximate surface area is 122 Å². The Morgan fingerprint density at radius 1 is 0.700 bits per heavy atom. The van der Waals surface area contributed by atoms with Crippen LogP contribution in [0.3, 0.4) is 0 Å². The van der Waals surface area contributed by atoms with Crippen LogP contribution in [0.25, 0.3) is 0 Å². The van der Waals surface area contributed by atoms with Gasteiger partial charge in [0.05, 0.1) is 11.8 Å². The van der Waals surface area contributed by atoms with Gasteiger partial charge in [0.25, 0.3) is 0 Å². The highest BCUT2D eigenvalue weighted by Gasteiger charge is 2.16. The van der Waals surface area contributed by atoms with E-state index < -0.39 is 11.9 Å². The lowest BCUT2D eigenvalue weighted by Crippen LogP contribution is -2.13. The van der Waals surface area contributed by atoms with Gasteiger partial charge in [-0.25, -0.2) is 0 Å². The maximum atomic E-state index is 11.0. The van der Waals surface area contributed by atoms with E-state index in [2.05, 4.69) is 0 Å². The SMILES string of the molecule is CCCC(CCCCCCC(CCC)C(=O)O)C(=O)O. The fraction of sp³-hybridized carbons (Fsp3) is 0.875. The van der Waals surface area contributed by atoms with E-state index in [1.54, 1.807) is 0 Å². The van der Waals surface area contributed by atoms with Crippen molar-refractivity contribution in [3.8, 4) is 0 Å². The van der Waals surface area contributed by atoms with E-state index in [9.17, 15) is 9.59 Å². The summed E-state index contributed by atoms with van der Waals surface area (Å²) in [4.78, 5) is 22.0. The molecule has 2 atom stereocenters. The highest BCUT2D eigenvalue weighted by atomic mass is 16.4. The van der Waals surface area contributed by atoms with E-state index >= 15 is 0 Å². The first-order valence-corrected chi connectivity index (χ1v) is 7.98. The number of rotatable bonds is 13. The zero-order valence-electron chi connectivity index (χ0n) is 12.9. The Bertz CT molecular complexity index is 248. The molecule has 0 aliphatic rings. The standard InChI is InChI=1S/C16H30O4/c1-3-9-13(15(17)18)11-7-5-6-8-12-14(10-4-2)16(19)20/h13-14H,3-12H2,1-2H3,(H,17,18)(H,19,20). The lowest BCUT2D eigenvalue weighted by Gasteiger charge is -2.12. The predicted octanol–water partition coefficient (Wildman–Crippen LogP) is 4.33. The molecule has 0 aromatic carbocycles. The third-order valence-corrected chi connectivity index (χ3v) is 3.83. The summed E-state index contributed by atoms with van der Waals surface area (Å²) >= 11 is 0. The van der Waals surface area contributed by atoms with Gasteiger partial charge >= 0.3 is 11.9 Å². The summed E-state index contributed by atoms with van der Waals surface area (Å²) in [6.07, 6.45) is 8.71. The molecule has 0 rings (SSSR count). The molecule has 0 fully saturated rings. The van der Waals surface area contributed by atoms with E-state index in [4.69, 9.17) is 10.2 Å². The zero-order chi connectivity index (χ0) is 15.4. The molecule has 2 N–H and O–H groups in total. The Balaban J connectivity index is 3.69. The van der Waals surface area contributed by atoms with Crippen LogP contribution in [0, 0.1) is 11.8 Å². The summed E-state index contributed by atoms with van der Waals surface area (Å²) in [5.41, 5.74) is 0. The Hall–Kier alpha value is -1.06. The second-order valence-electron chi connectivity index (χ2n) is 5.64. The van der Waals surface area contributed by atoms with Gasteiger partial charge < -0.3 is 10.2 Å². The van der Waals surface area contributed by atoms with Crippen molar-refractivity contribution in [3.05, 3.63) is 0 Å². The van der Waals surface area contributed by atoms with E-state index in [1.807, 2.05) is 13.8 Å². The van der Waals surface area contributed by atoms with Gasteiger partial charge in [0.2, 0.25) is 0 Å². The number of unbranched alkanes of at least 4 members (excludes halogenated alkanes) is 3. The van der Waals surface area contributed by atoms with Crippen molar-refractivity contribution in [2.24, 2.45) is 11.8 Å². The molecule has 20 heavy (non-hydrogen) atoms. The minimum atomic E-state index is -0.680. The van der Waals surface area contributed by atoms with Gasteiger partial charge in [0.1, 0.15) is 0 Å². The van der Waals surface area contributed by atoms with E-state index in [1.165, 1.54) is 0 Å². The van der Waals surface area contributed by atoms with Crippen LogP contribution in [0.1, 0.15) is 78.1 Å². The molecule has 4 heteroatoms. The molecule has 0 heterocycles. The molecular formula is C16H30O4. The van der Waals surface area contributed by atoms with Crippen LogP contribution in [0.15, 0.2) is 0 Å². The molecule has 118 valence electrons. The van der Waals surface area contributed by atoms with Crippen LogP contribution in [-0.2, 0) is 9.59 Å². The quantitative estimate of drug-likeness (QED) is 0.494. The van der Waals surface area contributed by atoms with Crippen LogP contribution in [-0.4, -0.2) is 22.2 Å². The maximum absolute atomic E-state index is 11.0. The van der Waals surface area contributed by atoms with Crippen LogP contribution in [0.5, 0.6) is 0 Å². The highest BCUT2D eigenvalue weighted by molar-refractivity contribution is 5.70. The van der Waals surface area contributed by atoms with E-state index in [0.29, 0.717) is 0 Å². The molecule has 0 spiro atoms. The molecule has 0 saturated heterocycles. The van der Waals surface area contributed by atoms with Crippen molar-refractivity contribution >= 4 is 11.9 Å². The highest BCUT2D eigenvalue weighted by Crippen LogP contribution is 2.19. The van der Waals surface area contributed by atoms with Crippen molar-refractivity contribution in [3.63, 3.8) is 0 Å². The third-order valence-electron chi connectivity index (χ3n) is 3.83. The van der Waals surface area contributed by atoms with Crippen molar-refractivity contribution in [1.29, 1.82) is 0 Å². The Morgan fingerprint density at radius 3 is 1.30 bits per heavy atom. The second-order valence-corrected chi connectivity index (χ2v) is 5.64. The van der Waals surface area contributed by atoms with Crippen LogP contribution >= 0.6 is 0 Å². The molecule has 0 bridgehead atoms. The van der Waals surface area contributed by atoms with Gasteiger partial charge in [-0.1, -0.05) is 52.4 Å². The predicted molar refractivity (Wildman–Crippen MR) is 79.8 cm³/mol. The minimum absolute atomic E-state index is 0.202. The topological polar surface area (TPSA) is 74.6 Å². The molecule has 2 unspecified atom stereocenters. The molecule has 0 aliphatic heterocycles. The van der Waals surface area contributed by atoms with Crippen LogP contribution < -0.4 is 0 Å². The van der Waals surface area contributed by atoms with Crippen molar-refractivity contribution in [2.75, 3.05) is 0 Å². The summed E-state index contributed by atoms with van der Waals surface area (Å²) in [6, 6.07) is 0. The number of aliphatic carboxylic acids is 2. The lowest BCUT2D eigenvalue weighted by molar-refractivity contribution is -0.143. The molecule has 0 saturated carbocycles. The van der Waals surface area contributed by atoms with E-state index in [0.717, 1.165) is 64.2 Å².